The second-order valence-electron chi connectivity index (χ2n) is 7.53. The van der Waals surface area contributed by atoms with Crippen molar-refractivity contribution in [3.05, 3.63) is 60.2 Å². The summed E-state index contributed by atoms with van der Waals surface area (Å²) in [4.78, 5) is 27.5. The van der Waals surface area contributed by atoms with Crippen LogP contribution in [0.1, 0.15) is 49.9 Å². The van der Waals surface area contributed by atoms with Crippen LogP contribution in [0.2, 0.25) is 0 Å². The number of carbonyl (C=O) groups is 2. The van der Waals surface area contributed by atoms with E-state index in [1.165, 1.54) is 12.1 Å². The summed E-state index contributed by atoms with van der Waals surface area (Å²) in [6, 6.07) is 14.8. The van der Waals surface area contributed by atoms with Crippen LogP contribution in [0.5, 0.6) is 0 Å². The van der Waals surface area contributed by atoms with E-state index in [-0.39, 0.29) is 10.8 Å². The Morgan fingerprint density at radius 3 is 2.03 bits per heavy atom. The van der Waals surface area contributed by atoms with Gasteiger partial charge in [-0.15, -0.1) is 0 Å². The average Bonchev–Trinajstić information content (AvgIpc) is 3.28. The lowest BCUT2D eigenvalue weighted by Gasteiger charge is -2.27. The molecule has 1 fully saturated rings. The molecule has 0 radical (unpaired) electrons. The first-order valence-corrected chi connectivity index (χ1v) is 11.8. The summed E-state index contributed by atoms with van der Waals surface area (Å²) in [5.74, 6) is -0.580. The SMILES string of the molecule is CCN(CC)C(=O)c1ccc(NC(=O)C2(S(=O)(=O)c3ccccc3)CCCC2)cc1. The highest BCUT2D eigenvalue weighted by atomic mass is 32.2. The smallest absolute Gasteiger partial charge is 0.253 e. The van der Waals surface area contributed by atoms with E-state index in [2.05, 4.69) is 5.32 Å². The highest BCUT2D eigenvalue weighted by Crippen LogP contribution is 2.41. The molecule has 2 amide bonds. The number of anilines is 1. The van der Waals surface area contributed by atoms with Gasteiger partial charge in [-0.05, 0) is 63.1 Å². The number of sulfone groups is 1. The third-order valence-electron chi connectivity index (χ3n) is 5.83. The quantitative estimate of drug-likeness (QED) is 0.725. The maximum absolute atomic E-state index is 13.4. The van der Waals surface area contributed by atoms with E-state index in [4.69, 9.17) is 0 Å². The van der Waals surface area contributed by atoms with Crippen LogP contribution >= 0.6 is 0 Å². The number of hydrogen-bond donors (Lipinski definition) is 1. The maximum Gasteiger partial charge on any atom is 0.253 e. The molecule has 0 saturated heterocycles. The molecule has 6 nitrogen and oxygen atoms in total. The Balaban J connectivity index is 1.84. The van der Waals surface area contributed by atoms with Crippen molar-refractivity contribution in [2.75, 3.05) is 18.4 Å². The predicted octanol–water partition coefficient (Wildman–Crippen LogP) is 3.89. The number of hydrogen-bond acceptors (Lipinski definition) is 4. The lowest BCUT2D eigenvalue weighted by atomic mass is 10.1. The van der Waals surface area contributed by atoms with E-state index in [9.17, 15) is 18.0 Å². The second-order valence-corrected chi connectivity index (χ2v) is 9.79. The fourth-order valence-corrected chi connectivity index (χ4v) is 6.11. The standard InChI is InChI=1S/C23H28N2O4S/c1-3-25(4-2)21(26)18-12-14-19(15-13-18)24-22(27)23(16-8-9-17-23)30(28,29)20-10-6-5-7-11-20/h5-7,10-15H,3-4,8-9,16-17H2,1-2H3,(H,24,27). The van der Waals surface area contributed by atoms with Crippen LogP contribution in [-0.2, 0) is 14.6 Å². The van der Waals surface area contributed by atoms with E-state index >= 15 is 0 Å². The summed E-state index contributed by atoms with van der Waals surface area (Å²) < 4.78 is 25.3. The number of rotatable bonds is 7. The molecule has 160 valence electrons. The van der Waals surface area contributed by atoms with Crippen molar-refractivity contribution in [3.8, 4) is 0 Å². The van der Waals surface area contributed by atoms with Gasteiger partial charge in [-0.25, -0.2) is 8.42 Å². The van der Waals surface area contributed by atoms with Crippen molar-refractivity contribution in [1.29, 1.82) is 0 Å². The van der Waals surface area contributed by atoms with Crippen molar-refractivity contribution in [1.82, 2.24) is 4.90 Å². The van der Waals surface area contributed by atoms with Gasteiger partial charge in [0, 0.05) is 24.3 Å². The molecule has 1 aliphatic rings. The molecule has 1 saturated carbocycles. The summed E-state index contributed by atoms with van der Waals surface area (Å²) in [6.45, 7) is 5.08. The van der Waals surface area contributed by atoms with Gasteiger partial charge in [0.2, 0.25) is 5.91 Å². The Morgan fingerprint density at radius 2 is 1.50 bits per heavy atom. The van der Waals surface area contributed by atoms with Gasteiger partial charge >= 0.3 is 0 Å². The summed E-state index contributed by atoms with van der Waals surface area (Å²) in [6.07, 6.45) is 1.98. The normalized spacial score (nSPS) is 15.5. The molecule has 0 aliphatic heterocycles. The number of nitrogens with zero attached hydrogens (tertiary/aromatic N) is 1. The molecule has 0 bridgehead atoms. The summed E-state index contributed by atoms with van der Waals surface area (Å²) in [7, 11) is -3.83. The minimum Gasteiger partial charge on any atom is -0.339 e. The van der Waals surface area contributed by atoms with Crippen LogP contribution in [0.15, 0.2) is 59.5 Å². The highest BCUT2D eigenvalue weighted by Gasteiger charge is 2.52. The van der Waals surface area contributed by atoms with Gasteiger partial charge in [0.1, 0.15) is 0 Å². The molecule has 0 unspecified atom stereocenters. The van der Waals surface area contributed by atoms with E-state index in [0.29, 0.717) is 50.0 Å². The minimum atomic E-state index is -3.83. The molecule has 2 aromatic carbocycles. The monoisotopic (exact) mass is 428 g/mol. The zero-order chi connectivity index (χ0) is 21.8. The lowest BCUT2D eigenvalue weighted by Crippen LogP contribution is -2.47. The minimum absolute atomic E-state index is 0.0724. The molecule has 0 aromatic heterocycles. The van der Waals surface area contributed by atoms with Crippen LogP contribution < -0.4 is 5.32 Å². The molecule has 1 aliphatic carbocycles. The van der Waals surface area contributed by atoms with Gasteiger partial charge in [0.25, 0.3) is 5.91 Å². The Kier molecular flexibility index (Phi) is 6.61. The number of carbonyl (C=O) groups excluding carboxylic acids is 2. The molecule has 0 heterocycles. The third kappa shape index (κ3) is 3.99. The fraction of sp³-hybridized carbons (Fsp3) is 0.391. The Bertz CT molecular complexity index is 991. The zero-order valence-corrected chi connectivity index (χ0v) is 18.2. The molecule has 30 heavy (non-hydrogen) atoms. The maximum atomic E-state index is 13.4. The predicted molar refractivity (Wildman–Crippen MR) is 117 cm³/mol. The summed E-state index contributed by atoms with van der Waals surface area (Å²) in [5.41, 5.74) is 1.01. The van der Waals surface area contributed by atoms with Gasteiger partial charge in [0.15, 0.2) is 14.6 Å². The van der Waals surface area contributed by atoms with E-state index < -0.39 is 20.5 Å². The van der Waals surface area contributed by atoms with E-state index in [0.717, 1.165) is 0 Å². The largest absolute Gasteiger partial charge is 0.339 e. The average molecular weight is 429 g/mol. The first kappa shape index (κ1) is 22.0. The molecular weight excluding hydrogens is 400 g/mol. The van der Waals surface area contributed by atoms with Gasteiger partial charge in [0.05, 0.1) is 4.90 Å². The molecule has 7 heteroatoms. The lowest BCUT2D eigenvalue weighted by molar-refractivity contribution is -0.118. The molecule has 0 spiro atoms. The van der Waals surface area contributed by atoms with Gasteiger partial charge in [-0.3, -0.25) is 9.59 Å². The Morgan fingerprint density at radius 1 is 0.933 bits per heavy atom. The molecule has 3 rings (SSSR count). The fourth-order valence-electron chi connectivity index (χ4n) is 4.02. The van der Waals surface area contributed by atoms with Crippen LogP contribution in [0, 0.1) is 0 Å². The first-order chi connectivity index (χ1) is 14.4. The topological polar surface area (TPSA) is 83.6 Å². The van der Waals surface area contributed by atoms with Crippen LogP contribution in [0.4, 0.5) is 5.69 Å². The molecule has 0 atom stereocenters. The van der Waals surface area contributed by atoms with Gasteiger partial charge < -0.3 is 10.2 Å². The van der Waals surface area contributed by atoms with Crippen molar-refractivity contribution < 1.29 is 18.0 Å². The van der Waals surface area contributed by atoms with E-state index in [1.54, 1.807) is 47.4 Å². The number of amides is 2. The van der Waals surface area contributed by atoms with Crippen LogP contribution in [0.3, 0.4) is 0 Å². The zero-order valence-electron chi connectivity index (χ0n) is 17.4. The summed E-state index contributed by atoms with van der Waals surface area (Å²) in [5, 5.41) is 2.78. The molecule has 2 aromatic rings. The van der Waals surface area contributed by atoms with Gasteiger partial charge in [-0.2, -0.15) is 0 Å². The van der Waals surface area contributed by atoms with Crippen molar-refractivity contribution in [2.45, 2.75) is 49.2 Å². The second kappa shape index (κ2) is 9.00. The van der Waals surface area contributed by atoms with E-state index in [1.807, 2.05) is 13.8 Å². The number of nitrogens with one attached hydrogen (secondary N) is 1. The van der Waals surface area contributed by atoms with Crippen molar-refractivity contribution in [3.63, 3.8) is 0 Å². The van der Waals surface area contributed by atoms with Crippen molar-refractivity contribution in [2.24, 2.45) is 0 Å². The van der Waals surface area contributed by atoms with Crippen molar-refractivity contribution >= 4 is 27.3 Å². The number of benzene rings is 2. The highest BCUT2D eigenvalue weighted by molar-refractivity contribution is 7.93. The van der Waals surface area contributed by atoms with Crippen LogP contribution in [-0.4, -0.2) is 43.0 Å². The first-order valence-electron chi connectivity index (χ1n) is 10.4. The molecular formula is C23H28N2O4S. The third-order valence-corrected chi connectivity index (χ3v) is 8.35. The molecule has 1 N–H and O–H groups in total. The summed E-state index contributed by atoms with van der Waals surface area (Å²) >= 11 is 0. The van der Waals surface area contributed by atoms with Crippen LogP contribution in [0.25, 0.3) is 0 Å². The Labute approximate surface area is 178 Å². The van der Waals surface area contributed by atoms with Gasteiger partial charge in [-0.1, -0.05) is 31.0 Å². The Hall–Kier alpha value is -2.67.